The Morgan fingerprint density at radius 3 is 2.74 bits per heavy atom. The second kappa shape index (κ2) is 4.67. The number of benzene rings is 1. The van der Waals surface area contributed by atoms with Gasteiger partial charge in [0.2, 0.25) is 0 Å². The van der Waals surface area contributed by atoms with Crippen molar-refractivity contribution < 1.29 is 9.47 Å². The quantitative estimate of drug-likeness (QED) is 0.663. The Balaban J connectivity index is 1.91. The molecule has 2 heteroatoms. The van der Waals surface area contributed by atoms with Crippen LogP contribution in [0, 0.1) is 24.2 Å². The van der Waals surface area contributed by atoms with E-state index >= 15 is 0 Å². The number of hydrogen-bond acceptors (Lipinski definition) is 2. The Morgan fingerprint density at radius 1 is 1.16 bits per heavy atom. The van der Waals surface area contributed by atoms with Crippen molar-refractivity contribution in [1.29, 1.82) is 0 Å². The zero-order valence-corrected chi connectivity index (χ0v) is 11.7. The largest absolute Gasteiger partial charge is 0.354 e. The van der Waals surface area contributed by atoms with Crippen LogP contribution in [0.1, 0.15) is 37.3 Å². The molecule has 100 valence electrons. The smallest absolute Gasteiger partial charge is 0.147 e. The standard InChI is InChI=1S/C17H20O2/c1-14-4-6-15(7-5-14)8-11-17-10-3-9-16(17,2)19-13-18-12-17/h4-7H,3,9-10,12-13H2,1-2H3/t16-,17+/m1/s1. The normalized spacial score (nSPS) is 33.4. The highest BCUT2D eigenvalue weighted by atomic mass is 16.7. The minimum absolute atomic E-state index is 0.129. The molecule has 2 atom stereocenters. The van der Waals surface area contributed by atoms with Gasteiger partial charge in [0.25, 0.3) is 0 Å². The van der Waals surface area contributed by atoms with Crippen LogP contribution >= 0.6 is 0 Å². The molecule has 2 nitrogen and oxygen atoms in total. The predicted octanol–water partition coefficient (Wildman–Crippen LogP) is 3.28. The zero-order valence-electron chi connectivity index (χ0n) is 11.7. The second-order valence-electron chi connectivity index (χ2n) is 5.89. The molecule has 1 aliphatic carbocycles. The van der Waals surface area contributed by atoms with Crippen LogP contribution in [0.2, 0.25) is 0 Å². The fourth-order valence-electron chi connectivity index (χ4n) is 3.11. The van der Waals surface area contributed by atoms with Gasteiger partial charge in [-0.2, -0.15) is 0 Å². The van der Waals surface area contributed by atoms with Gasteiger partial charge in [-0.15, -0.1) is 0 Å². The fraction of sp³-hybridized carbons (Fsp3) is 0.529. The summed E-state index contributed by atoms with van der Waals surface area (Å²) in [6.07, 6.45) is 3.32. The first-order valence-electron chi connectivity index (χ1n) is 6.95. The number of hydrogen-bond donors (Lipinski definition) is 0. The van der Waals surface area contributed by atoms with Crippen LogP contribution in [0.25, 0.3) is 0 Å². The molecule has 1 aliphatic heterocycles. The molecule has 0 spiro atoms. The van der Waals surface area contributed by atoms with E-state index in [1.54, 1.807) is 0 Å². The van der Waals surface area contributed by atoms with Crippen LogP contribution in [-0.2, 0) is 9.47 Å². The Hall–Kier alpha value is -1.30. The van der Waals surface area contributed by atoms with Crippen LogP contribution in [-0.4, -0.2) is 19.0 Å². The Bertz CT molecular complexity index is 522. The molecule has 2 aliphatic rings. The third kappa shape index (κ3) is 2.18. The first kappa shape index (κ1) is 12.7. The van der Waals surface area contributed by atoms with Gasteiger partial charge in [-0.1, -0.05) is 29.5 Å². The van der Waals surface area contributed by atoms with Gasteiger partial charge in [-0.3, -0.25) is 0 Å². The van der Waals surface area contributed by atoms with Crippen molar-refractivity contribution in [2.24, 2.45) is 5.41 Å². The lowest BCUT2D eigenvalue weighted by atomic mass is 9.75. The van der Waals surface area contributed by atoms with E-state index in [0.29, 0.717) is 13.4 Å². The van der Waals surface area contributed by atoms with Gasteiger partial charge in [0, 0.05) is 5.56 Å². The van der Waals surface area contributed by atoms with Crippen molar-refractivity contribution in [1.82, 2.24) is 0 Å². The van der Waals surface area contributed by atoms with Gasteiger partial charge in [0.05, 0.1) is 17.6 Å². The minimum Gasteiger partial charge on any atom is -0.354 e. The minimum atomic E-state index is -0.136. The monoisotopic (exact) mass is 256 g/mol. The molecule has 1 saturated carbocycles. The van der Waals surface area contributed by atoms with Crippen molar-refractivity contribution in [3.05, 3.63) is 35.4 Å². The highest BCUT2D eigenvalue weighted by Gasteiger charge is 2.54. The van der Waals surface area contributed by atoms with Crippen molar-refractivity contribution in [3.8, 4) is 11.8 Å². The maximum atomic E-state index is 5.88. The van der Waals surface area contributed by atoms with E-state index in [2.05, 4.69) is 50.0 Å². The molecule has 0 N–H and O–H groups in total. The van der Waals surface area contributed by atoms with Crippen molar-refractivity contribution in [3.63, 3.8) is 0 Å². The average Bonchev–Trinajstić information content (AvgIpc) is 2.76. The van der Waals surface area contributed by atoms with Crippen LogP contribution in [0.5, 0.6) is 0 Å². The summed E-state index contributed by atoms with van der Waals surface area (Å²) in [6.45, 7) is 5.38. The third-order valence-corrected chi connectivity index (χ3v) is 4.58. The van der Waals surface area contributed by atoms with E-state index in [9.17, 15) is 0 Å². The van der Waals surface area contributed by atoms with Gasteiger partial charge in [-0.05, 0) is 45.2 Å². The zero-order chi connectivity index (χ0) is 13.3. The van der Waals surface area contributed by atoms with E-state index in [4.69, 9.17) is 9.47 Å². The third-order valence-electron chi connectivity index (χ3n) is 4.58. The molecule has 0 unspecified atom stereocenters. The maximum absolute atomic E-state index is 5.88. The van der Waals surface area contributed by atoms with Crippen LogP contribution < -0.4 is 0 Å². The van der Waals surface area contributed by atoms with E-state index in [-0.39, 0.29) is 11.0 Å². The van der Waals surface area contributed by atoms with Crippen molar-refractivity contribution >= 4 is 0 Å². The van der Waals surface area contributed by atoms with Crippen LogP contribution in [0.4, 0.5) is 0 Å². The van der Waals surface area contributed by atoms with Crippen LogP contribution in [0.15, 0.2) is 24.3 Å². The Kier molecular flexibility index (Phi) is 3.12. The van der Waals surface area contributed by atoms with Gasteiger partial charge in [0.15, 0.2) is 0 Å². The highest BCUT2D eigenvalue weighted by molar-refractivity contribution is 5.38. The highest BCUT2D eigenvalue weighted by Crippen LogP contribution is 2.50. The number of fused-ring (bicyclic) bond motifs is 1. The first-order chi connectivity index (χ1) is 9.14. The summed E-state index contributed by atoms with van der Waals surface area (Å²) in [5, 5.41) is 0. The SMILES string of the molecule is Cc1ccc(C#C[C@]23CCC[C@@]2(C)OCOC3)cc1. The van der Waals surface area contributed by atoms with Gasteiger partial charge >= 0.3 is 0 Å². The maximum Gasteiger partial charge on any atom is 0.147 e. The summed E-state index contributed by atoms with van der Waals surface area (Å²) < 4.78 is 11.4. The topological polar surface area (TPSA) is 18.5 Å². The average molecular weight is 256 g/mol. The number of aryl methyl sites for hydroxylation is 1. The predicted molar refractivity (Wildman–Crippen MR) is 74.7 cm³/mol. The fourth-order valence-corrected chi connectivity index (χ4v) is 3.11. The number of rotatable bonds is 0. The molecule has 3 rings (SSSR count). The number of ether oxygens (including phenoxy) is 2. The molecule has 0 aromatic heterocycles. The van der Waals surface area contributed by atoms with Gasteiger partial charge in [-0.25, -0.2) is 0 Å². The molecule has 1 saturated heterocycles. The lowest BCUT2D eigenvalue weighted by Crippen LogP contribution is -2.50. The summed E-state index contributed by atoms with van der Waals surface area (Å²) in [5.74, 6) is 6.79. The van der Waals surface area contributed by atoms with E-state index in [0.717, 1.165) is 18.4 Å². The van der Waals surface area contributed by atoms with Gasteiger partial charge < -0.3 is 9.47 Å². The summed E-state index contributed by atoms with van der Waals surface area (Å²) in [5.41, 5.74) is 2.07. The molecule has 1 aromatic rings. The van der Waals surface area contributed by atoms with Crippen LogP contribution in [0.3, 0.4) is 0 Å². The molecule has 0 radical (unpaired) electrons. The Labute approximate surface area is 115 Å². The molecule has 0 bridgehead atoms. The lowest BCUT2D eigenvalue weighted by molar-refractivity contribution is -0.229. The van der Waals surface area contributed by atoms with Crippen molar-refractivity contribution in [2.75, 3.05) is 13.4 Å². The molecular weight excluding hydrogens is 236 g/mol. The van der Waals surface area contributed by atoms with E-state index < -0.39 is 0 Å². The molecule has 1 aromatic carbocycles. The lowest BCUT2D eigenvalue weighted by Gasteiger charge is -2.43. The second-order valence-corrected chi connectivity index (χ2v) is 5.89. The summed E-state index contributed by atoms with van der Waals surface area (Å²) in [7, 11) is 0. The van der Waals surface area contributed by atoms with Gasteiger partial charge in [0.1, 0.15) is 6.79 Å². The first-order valence-corrected chi connectivity index (χ1v) is 6.95. The molecular formula is C17H20O2. The molecule has 19 heavy (non-hydrogen) atoms. The summed E-state index contributed by atoms with van der Waals surface area (Å²) in [4.78, 5) is 0. The van der Waals surface area contributed by atoms with E-state index in [1.165, 1.54) is 12.0 Å². The summed E-state index contributed by atoms with van der Waals surface area (Å²) in [6, 6.07) is 8.36. The van der Waals surface area contributed by atoms with E-state index in [1.807, 2.05) is 0 Å². The summed E-state index contributed by atoms with van der Waals surface area (Å²) >= 11 is 0. The Morgan fingerprint density at radius 2 is 1.95 bits per heavy atom. The molecule has 2 fully saturated rings. The van der Waals surface area contributed by atoms with Crippen molar-refractivity contribution in [2.45, 2.75) is 38.7 Å². The molecule has 0 amide bonds. The molecule has 1 heterocycles.